The van der Waals surface area contributed by atoms with Gasteiger partial charge in [-0.3, -0.25) is 9.59 Å². The van der Waals surface area contributed by atoms with Crippen molar-refractivity contribution in [3.05, 3.63) is 28.8 Å². The van der Waals surface area contributed by atoms with Gasteiger partial charge in [-0.1, -0.05) is 17.7 Å². The first-order valence-corrected chi connectivity index (χ1v) is 9.05. The molecule has 2 rings (SSSR count). The fourth-order valence-corrected chi connectivity index (χ4v) is 2.54. The van der Waals surface area contributed by atoms with Crippen molar-refractivity contribution in [3.8, 4) is 0 Å². The van der Waals surface area contributed by atoms with Crippen LogP contribution >= 0.6 is 11.6 Å². The number of rotatable bonds is 4. The normalized spacial score (nSPS) is 15.9. The lowest BCUT2D eigenvalue weighted by atomic mass is 10.1. The summed E-state index contributed by atoms with van der Waals surface area (Å²) < 4.78 is 5.21. The third-order valence-corrected chi connectivity index (χ3v) is 4.23. The number of anilines is 1. The van der Waals surface area contributed by atoms with Crippen LogP contribution in [0.25, 0.3) is 0 Å². The van der Waals surface area contributed by atoms with Crippen molar-refractivity contribution in [1.29, 1.82) is 0 Å². The maximum Gasteiger partial charge on any atom is 0.355 e. The van der Waals surface area contributed by atoms with Crippen LogP contribution in [0.4, 0.5) is 5.69 Å². The summed E-state index contributed by atoms with van der Waals surface area (Å²) >= 11 is 6.11. The Morgan fingerprint density at radius 1 is 1.30 bits per heavy atom. The topological polar surface area (TPSA) is 88.1 Å². The molecule has 1 aromatic carbocycles. The van der Waals surface area contributed by atoms with Gasteiger partial charge >= 0.3 is 5.97 Å². The van der Waals surface area contributed by atoms with E-state index in [2.05, 4.69) is 10.4 Å². The Morgan fingerprint density at radius 2 is 1.96 bits per heavy atom. The maximum absolute atomic E-state index is 12.4. The summed E-state index contributed by atoms with van der Waals surface area (Å²) in [7, 11) is 0. The van der Waals surface area contributed by atoms with Gasteiger partial charge in [0.25, 0.3) is 5.91 Å². The fraction of sp³-hybridized carbons (Fsp3) is 0.474. The smallest absolute Gasteiger partial charge is 0.355 e. The first-order valence-electron chi connectivity index (χ1n) is 8.67. The molecule has 0 aromatic heterocycles. The van der Waals surface area contributed by atoms with Crippen LogP contribution in [0.15, 0.2) is 23.3 Å². The Kier molecular flexibility index (Phi) is 6.26. The summed E-state index contributed by atoms with van der Waals surface area (Å²) in [6, 6.07) is 5.09. The zero-order chi connectivity index (χ0) is 20.4. The molecule has 0 spiro atoms. The van der Waals surface area contributed by atoms with Crippen LogP contribution in [0.3, 0.4) is 0 Å². The maximum atomic E-state index is 12.4. The molecule has 1 atom stereocenters. The molecule has 1 aliphatic rings. The van der Waals surface area contributed by atoms with Gasteiger partial charge in [-0.25, -0.2) is 9.80 Å². The minimum atomic E-state index is -0.973. The zero-order valence-electron chi connectivity index (χ0n) is 16.1. The SMILES string of the molecule is Cc1ccc(N2N=C(C(=O)OC(C)C(=O)NC(C)(C)C)CCC2=O)cc1Cl. The molecular weight excluding hydrogens is 370 g/mol. The number of hydrazone groups is 1. The van der Waals surface area contributed by atoms with Gasteiger partial charge in [0.2, 0.25) is 5.91 Å². The highest BCUT2D eigenvalue weighted by Gasteiger charge is 2.29. The standard InChI is InChI=1S/C19H24ClN3O4/c1-11-6-7-13(10-14(11)20)23-16(24)9-8-15(22-23)18(26)27-12(2)17(25)21-19(3,4)5/h6-7,10,12H,8-9H2,1-5H3,(H,21,25). The van der Waals surface area contributed by atoms with Crippen LogP contribution in [0.1, 0.15) is 46.1 Å². The molecule has 2 amide bonds. The molecule has 0 saturated heterocycles. The zero-order valence-corrected chi connectivity index (χ0v) is 16.9. The third kappa shape index (κ3) is 5.53. The second-order valence-electron chi connectivity index (χ2n) is 7.47. The van der Waals surface area contributed by atoms with Gasteiger partial charge in [-0.05, 0) is 52.3 Å². The van der Waals surface area contributed by atoms with Gasteiger partial charge in [-0.2, -0.15) is 5.10 Å². The van der Waals surface area contributed by atoms with Gasteiger partial charge in [0, 0.05) is 23.4 Å². The van der Waals surface area contributed by atoms with Crippen molar-refractivity contribution in [1.82, 2.24) is 5.32 Å². The first kappa shape index (κ1) is 20.9. The Labute approximate surface area is 163 Å². The van der Waals surface area contributed by atoms with Gasteiger partial charge in [-0.15, -0.1) is 0 Å². The highest BCUT2D eigenvalue weighted by molar-refractivity contribution is 6.38. The van der Waals surface area contributed by atoms with Crippen molar-refractivity contribution < 1.29 is 19.1 Å². The van der Waals surface area contributed by atoms with E-state index < -0.39 is 23.5 Å². The van der Waals surface area contributed by atoms with Gasteiger partial charge in [0.1, 0.15) is 5.71 Å². The monoisotopic (exact) mass is 393 g/mol. The molecule has 27 heavy (non-hydrogen) atoms. The summed E-state index contributed by atoms with van der Waals surface area (Å²) in [5.41, 5.74) is 0.988. The van der Waals surface area contributed by atoms with E-state index in [0.29, 0.717) is 10.7 Å². The van der Waals surface area contributed by atoms with Gasteiger partial charge in [0.15, 0.2) is 6.10 Å². The molecule has 0 saturated carbocycles. The highest BCUT2D eigenvalue weighted by atomic mass is 35.5. The summed E-state index contributed by atoms with van der Waals surface area (Å²) in [5, 5.41) is 8.51. The van der Waals surface area contributed by atoms with Crippen molar-refractivity contribution in [2.45, 2.75) is 59.1 Å². The summed E-state index contributed by atoms with van der Waals surface area (Å²) in [4.78, 5) is 36.7. The lowest BCUT2D eigenvalue weighted by Gasteiger charge is -2.25. The summed E-state index contributed by atoms with van der Waals surface area (Å²) in [5.74, 6) is -1.36. The van der Waals surface area contributed by atoms with Crippen molar-refractivity contribution in [2.24, 2.45) is 5.10 Å². The number of carbonyl (C=O) groups excluding carboxylic acids is 3. The van der Waals surface area contributed by atoms with Gasteiger partial charge in [0.05, 0.1) is 5.69 Å². The molecule has 8 heteroatoms. The summed E-state index contributed by atoms with van der Waals surface area (Å²) in [6.07, 6.45) is -0.706. The number of benzene rings is 1. The van der Waals surface area contributed by atoms with E-state index in [4.69, 9.17) is 16.3 Å². The summed E-state index contributed by atoms with van der Waals surface area (Å²) in [6.45, 7) is 8.84. The van der Waals surface area contributed by atoms with E-state index >= 15 is 0 Å². The molecule has 0 radical (unpaired) electrons. The van der Waals surface area contributed by atoms with Crippen LogP contribution in [0.2, 0.25) is 5.02 Å². The lowest BCUT2D eigenvalue weighted by molar-refractivity contribution is -0.149. The Bertz CT molecular complexity index is 799. The van der Waals surface area contributed by atoms with E-state index in [-0.39, 0.29) is 24.5 Å². The van der Waals surface area contributed by atoms with Crippen molar-refractivity contribution in [3.63, 3.8) is 0 Å². The molecule has 1 unspecified atom stereocenters. The van der Waals surface area contributed by atoms with Gasteiger partial charge < -0.3 is 10.1 Å². The van der Waals surface area contributed by atoms with Crippen LogP contribution in [0, 0.1) is 6.92 Å². The number of esters is 1. The minimum absolute atomic E-state index is 0.0849. The molecule has 0 fully saturated rings. The molecule has 7 nitrogen and oxygen atoms in total. The molecular formula is C19H24ClN3O4. The Balaban J connectivity index is 2.14. The van der Waals surface area contributed by atoms with Crippen LogP contribution < -0.4 is 10.3 Å². The number of nitrogens with one attached hydrogen (secondary N) is 1. The number of nitrogens with zero attached hydrogens (tertiary/aromatic N) is 2. The van der Waals surface area contributed by atoms with E-state index in [1.54, 1.807) is 18.2 Å². The number of hydrogen-bond donors (Lipinski definition) is 1. The molecule has 0 bridgehead atoms. The number of ether oxygens (including phenoxy) is 1. The molecule has 146 valence electrons. The molecule has 1 aliphatic heterocycles. The average molecular weight is 394 g/mol. The van der Waals surface area contributed by atoms with E-state index in [1.165, 1.54) is 6.92 Å². The number of halogens is 1. The number of carbonyl (C=O) groups is 3. The molecule has 1 heterocycles. The van der Waals surface area contributed by atoms with E-state index in [0.717, 1.165) is 10.6 Å². The quantitative estimate of drug-likeness (QED) is 0.796. The predicted molar refractivity (Wildman–Crippen MR) is 104 cm³/mol. The first-order chi connectivity index (χ1) is 12.5. The number of amides is 2. The number of aryl methyl sites for hydroxylation is 1. The molecule has 0 aliphatic carbocycles. The largest absolute Gasteiger partial charge is 0.448 e. The van der Waals surface area contributed by atoms with Crippen LogP contribution in [0.5, 0.6) is 0 Å². The van der Waals surface area contributed by atoms with Crippen LogP contribution in [-0.4, -0.2) is 35.1 Å². The lowest BCUT2D eigenvalue weighted by Crippen LogP contribution is -2.47. The Morgan fingerprint density at radius 3 is 2.56 bits per heavy atom. The third-order valence-electron chi connectivity index (χ3n) is 3.82. The van der Waals surface area contributed by atoms with Crippen molar-refractivity contribution in [2.75, 3.05) is 5.01 Å². The second-order valence-corrected chi connectivity index (χ2v) is 7.88. The van der Waals surface area contributed by atoms with Crippen molar-refractivity contribution >= 4 is 40.8 Å². The van der Waals surface area contributed by atoms with E-state index in [1.807, 2.05) is 27.7 Å². The average Bonchev–Trinajstić information content (AvgIpc) is 2.56. The Hall–Kier alpha value is -2.41. The number of hydrogen-bond acceptors (Lipinski definition) is 5. The van der Waals surface area contributed by atoms with Crippen LogP contribution in [-0.2, 0) is 19.1 Å². The second kappa shape index (κ2) is 8.08. The predicted octanol–water partition coefficient (Wildman–Crippen LogP) is 2.98. The van der Waals surface area contributed by atoms with E-state index in [9.17, 15) is 14.4 Å². The minimum Gasteiger partial charge on any atom is -0.448 e. The highest BCUT2D eigenvalue weighted by Crippen LogP contribution is 2.26. The molecule has 1 N–H and O–H groups in total. The fourth-order valence-electron chi connectivity index (χ4n) is 2.37. The molecule has 1 aromatic rings.